The normalized spacial score (nSPS) is 12.7. The Bertz CT molecular complexity index is 344. The molecule has 0 spiro atoms. The molecule has 0 radical (unpaired) electrons. The summed E-state index contributed by atoms with van der Waals surface area (Å²) in [5, 5.41) is 0. The van der Waals surface area contributed by atoms with Crippen LogP contribution in [-0.2, 0) is 11.2 Å². The van der Waals surface area contributed by atoms with E-state index in [1.165, 1.54) is 10.5 Å². The summed E-state index contributed by atoms with van der Waals surface area (Å²) >= 11 is 5.47. The molecule has 0 aliphatic rings. The first kappa shape index (κ1) is 15.0. The summed E-state index contributed by atoms with van der Waals surface area (Å²) in [6.07, 6.45) is 2.00. The summed E-state index contributed by atoms with van der Waals surface area (Å²) in [4.78, 5) is 1.29. The topological polar surface area (TPSA) is 35.2 Å². The quantitative estimate of drug-likeness (QED) is 0.618. The lowest BCUT2D eigenvalue weighted by molar-refractivity contribution is 0.200. The van der Waals surface area contributed by atoms with Gasteiger partial charge < -0.3 is 10.5 Å². The fourth-order valence-corrected chi connectivity index (χ4v) is 3.08. The van der Waals surface area contributed by atoms with Crippen molar-refractivity contribution < 1.29 is 4.74 Å². The van der Waals surface area contributed by atoms with Gasteiger partial charge in [-0.1, -0.05) is 22.0 Å². The number of thioether (sulfide) groups is 1. The van der Waals surface area contributed by atoms with Gasteiger partial charge in [-0.3, -0.25) is 0 Å². The number of halogens is 1. The van der Waals surface area contributed by atoms with Crippen LogP contribution in [0.2, 0.25) is 0 Å². The molecule has 1 aromatic carbocycles. The maximum Gasteiger partial charge on any atom is 0.0470 e. The Morgan fingerprint density at radius 1 is 1.47 bits per heavy atom. The highest BCUT2D eigenvalue weighted by molar-refractivity contribution is 9.10. The molecule has 2 N–H and O–H groups in total. The standard InChI is InChI=1S/C13H20BrNOS/c1-10(15)8-11-4-5-12(9-13(11)14)17-7-3-6-16-2/h4-5,9-10H,3,6-8,15H2,1-2H3. The smallest absolute Gasteiger partial charge is 0.0470 e. The van der Waals surface area contributed by atoms with Crippen molar-refractivity contribution in [3.8, 4) is 0 Å². The lowest BCUT2D eigenvalue weighted by atomic mass is 10.1. The van der Waals surface area contributed by atoms with Crippen LogP contribution < -0.4 is 5.73 Å². The van der Waals surface area contributed by atoms with Gasteiger partial charge in [0.2, 0.25) is 0 Å². The Morgan fingerprint density at radius 3 is 2.82 bits per heavy atom. The third kappa shape index (κ3) is 5.91. The van der Waals surface area contributed by atoms with E-state index in [1.54, 1.807) is 7.11 Å². The third-order valence-electron chi connectivity index (χ3n) is 2.33. The lowest BCUT2D eigenvalue weighted by Gasteiger charge is -2.09. The SMILES string of the molecule is COCCCSc1ccc(CC(C)N)c(Br)c1. The monoisotopic (exact) mass is 317 g/mol. The third-order valence-corrected chi connectivity index (χ3v) is 4.15. The number of rotatable bonds is 7. The maximum absolute atomic E-state index is 5.80. The van der Waals surface area contributed by atoms with E-state index >= 15 is 0 Å². The molecule has 1 aromatic rings. The molecule has 2 nitrogen and oxygen atoms in total. The van der Waals surface area contributed by atoms with E-state index in [9.17, 15) is 0 Å². The zero-order valence-corrected chi connectivity index (χ0v) is 12.8. The summed E-state index contributed by atoms with van der Waals surface area (Å²) < 4.78 is 6.19. The number of hydrogen-bond donors (Lipinski definition) is 1. The van der Waals surface area contributed by atoms with E-state index < -0.39 is 0 Å². The minimum Gasteiger partial charge on any atom is -0.385 e. The number of methoxy groups -OCH3 is 1. The van der Waals surface area contributed by atoms with E-state index in [-0.39, 0.29) is 6.04 Å². The zero-order valence-electron chi connectivity index (χ0n) is 10.4. The largest absolute Gasteiger partial charge is 0.385 e. The molecular weight excluding hydrogens is 298 g/mol. The Hall–Kier alpha value is -0.0300. The Labute approximate surface area is 116 Å². The van der Waals surface area contributed by atoms with E-state index in [2.05, 4.69) is 34.1 Å². The molecule has 96 valence electrons. The van der Waals surface area contributed by atoms with Crippen molar-refractivity contribution in [2.24, 2.45) is 5.73 Å². The molecule has 1 rings (SSSR count). The van der Waals surface area contributed by atoms with E-state index in [0.717, 1.165) is 29.7 Å². The summed E-state index contributed by atoms with van der Waals surface area (Å²) in [5.41, 5.74) is 7.08. The van der Waals surface area contributed by atoms with Gasteiger partial charge >= 0.3 is 0 Å². The van der Waals surface area contributed by atoms with Gasteiger partial charge in [0, 0.05) is 34.9 Å². The van der Waals surface area contributed by atoms with Crippen LogP contribution in [0.4, 0.5) is 0 Å². The second kappa shape index (κ2) is 8.14. The molecule has 0 aliphatic carbocycles. The Kier molecular flexibility index (Phi) is 7.19. The molecule has 4 heteroatoms. The van der Waals surface area contributed by atoms with Crippen molar-refractivity contribution in [1.82, 2.24) is 0 Å². The van der Waals surface area contributed by atoms with Gasteiger partial charge in [0.25, 0.3) is 0 Å². The van der Waals surface area contributed by atoms with Crippen molar-refractivity contribution in [2.45, 2.75) is 30.7 Å². The van der Waals surface area contributed by atoms with Crippen molar-refractivity contribution in [2.75, 3.05) is 19.5 Å². The number of nitrogens with two attached hydrogens (primary N) is 1. The first-order valence-electron chi connectivity index (χ1n) is 5.79. The van der Waals surface area contributed by atoms with Gasteiger partial charge in [0.05, 0.1) is 0 Å². The zero-order chi connectivity index (χ0) is 12.7. The lowest BCUT2D eigenvalue weighted by Crippen LogP contribution is -2.17. The molecule has 1 unspecified atom stereocenters. The van der Waals surface area contributed by atoms with E-state index in [0.29, 0.717) is 0 Å². The van der Waals surface area contributed by atoms with Crippen LogP contribution in [0.1, 0.15) is 18.9 Å². The summed E-state index contributed by atoms with van der Waals surface area (Å²) in [6.45, 7) is 2.86. The molecule has 0 saturated carbocycles. The molecule has 17 heavy (non-hydrogen) atoms. The average Bonchev–Trinajstić information content (AvgIpc) is 2.27. The molecule has 0 aliphatic heterocycles. The molecular formula is C13H20BrNOS. The fraction of sp³-hybridized carbons (Fsp3) is 0.538. The number of ether oxygens (including phenoxy) is 1. The second-order valence-corrected chi connectivity index (χ2v) is 6.15. The molecule has 0 heterocycles. The number of hydrogen-bond acceptors (Lipinski definition) is 3. The van der Waals surface area contributed by atoms with Gasteiger partial charge in [0.1, 0.15) is 0 Å². The van der Waals surface area contributed by atoms with Crippen LogP contribution in [0.15, 0.2) is 27.6 Å². The minimum atomic E-state index is 0.200. The average molecular weight is 318 g/mol. The second-order valence-electron chi connectivity index (χ2n) is 4.13. The highest BCUT2D eigenvalue weighted by Crippen LogP contribution is 2.26. The van der Waals surface area contributed by atoms with Gasteiger partial charge in [-0.25, -0.2) is 0 Å². The Balaban J connectivity index is 2.50. The molecule has 0 bridgehead atoms. The van der Waals surface area contributed by atoms with E-state index in [1.807, 2.05) is 18.7 Å². The summed E-state index contributed by atoms with van der Waals surface area (Å²) in [7, 11) is 1.74. The van der Waals surface area contributed by atoms with Crippen molar-refractivity contribution in [3.63, 3.8) is 0 Å². The molecule has 0 amide bonds. The predicted octanol–water partition coefficient (Wildman–Crippen LogP) is 3.47. The van der Waals surface area contributed by atoms with Gasteiger partial charge in [-0.2, -0.15) is 0 Å². The predicted molar refractivity (Wildman–Crippen MR) is 78.7 cm³/mol. The first-order valence-corrected chi connectivity index (χ1v) is 7.57. The van der Waals surface area contributed by atoms with Crippen LogP contribution >= 0.6 is 27.7 Å². The van der Waals surface area contributed by atoms with Crippen molar-refractivity contribution in [3.05, 3.63) is 28.2 Å². The maximum atomic E-state index is 5.80. The summed E-state index contributed by atoms with van der Waals surface area (Å²) in [5.74, 6) is 1.09. The van der Waals surface area contributed by atoms with E-state index in [4.69, 9.17) is 10.5 Å². The van der Waals surface area contributed by atoms with Crippen LogP contribution in [0.5, 0.6) is 0 Å². The van der Waals surface area contributed by atoms with Crippen LogP contribution in [-0.4, -0.2) is 25.5 Å². The van der Waals surface area contributed by atoms with Gasteiger partial charge in [0.15, 0.2) is 0 Å². The van der Waals surface area contributed by atoms with Gasteiger partial charge in [-0.15, -0.1) is 11.8 Å². The molecule has 1 atom stereocenters. The van der Waals surface area contributed by atoms with Gasteiger partial charge in [-0.05, 0) is 37.5 Å². The highest BCUT2D eigenvalue weighted by atomic mass is 79.9. The minimum absolute atomic E-state index is 0.200. The first-order chi connectivity index (χ1) is 8.13. The molecule has 0 fully saturated rings. The molecule has 0 saturated heterocycles. The van der Waals surface area contributed by atoms with Crippen LogP contribution in [0, 0.1) is 0 Å². The fourth-order valence-electron chi connectivity index (χ4n) is 1.52. The van der Waals surface area contributed by atoms with Crippen molar-refractivity contribution >= 4 is 27.7 Å². The summed E-state index contributed by atoms with van der Waals surface area (Å²) in [6, 6.07) is 6.70. The van der Waals surface area contributed by atoms with Crippen molar-refractivity contribution in [1.29, 1.82) is 0 Å². The molecule has 0 aromatic heterocycles. The number of benzene rings is 1. The highest BCUT2D eigenvalue weighted by Gasteiger charge is 2.04. The van der Waals surface area contributed by atoms with Crippen LogP contribution in [0.25, 0.3) is 0 Å². The Morgan fingerprint density at radius 2 is 2.24 bits per heavy atom. The van der Waals surface area contributed by atoms with Crippen LogP contribution in [0.3, 0.4) is 0 Å².